The van der Waals surface area contributed by atoms with Crippen molar-refractivity contribution in [2.75, 3.05) is 25.4 Å². The molecule has 1 aliphatic heterocycles. The van der Waals surface area contributed by atoms with Gasteiger partial charge < -0.3 is 10.5 Å². The first-order valence-electron chi connectivity index (χ1n) is 5.95. The molecule has 0 amide bonds. The number of ether oxygens (including phenoxy) is 1. The maximum Gasteiger partial charge on any atom is 0.320 e. The molecule has 0 atom stereocenters. The summed E-state index contributed by atoms with van der Waals surface area (Å²) in [6, 6.07) is 6.00. The van der Waals surface area contributed by atoms with Gasteiger partial charge in [0.15, 0.2) is 0 Å². The highest BCUT2D eigenvalue weighted by atomic mass is 16.5. The standard InChI is InChI=1S/C13H18N2O2/c1-2-17-13(16)9-15-7-6-10-4-3-5-12(14)11(10)8-15/h3-5H,2,6-9,14H2,1H3. The fraction of sp³-hybridized carbons (Fsp3) is 0.462. The molecule has 4 heteroatoms. The summed E-state index contributed by atoms with van der Waals surface area (Å²) < 4.78 is 4.95. The molecular formula is C13H18N2O2. The summed E-state index contributed by atoms with van der Waals surface area (Å²) in [5, 5.41) is 0. The number of anilines is 1. The van der Waals surface area contributed by atoms with E-state index in [1.165, 1.54) is 5.56 Å². The minimum absolute atomic E-state index is 0.162. The molecule has 17 heavy (non-hydrogen) atoms. The lowest BCUT2D eigenvalue weighted by Gasteiger charge is -2.28. The van der Waals surface area contributed by atoms with Crippen molar-refractivity contribution in [1.82, 2.24) is 4.90 Å². The highest BCUT2D eigenvalue weighted by molar-refractivity contribution is 5.71. The number of nitrogens with zero attached hydrogens (tertiary/aromatic N) is 1. The minimum atomic E-state index is -0.162. The van der Waals surface area contributed by atoms with E-state index in [1.54, 1.807) is 0 Å². The van der Waals surface area contributed by atoms with Crippen molar-refractivity contribution in [1.29, 1.82) is 0 Å². The van der Waals surface area contributed by atoms with Crippen LogP contribution in [0, 0.1) is 0 Å². The summed E-state index contributed by atoms with van der Waals surface area (Å²) in [6.45, 7) is 4.23. The number of fused-ring (bicyclic) bond motifs is 1. The molecule has 1 aromatic carbocycles. The normalized spacial score (nSPS) is 15.4. The van der Waals surface area contributed by atoms with E-state index in [0.717, 1.165) is 30.8 Å². The average Bonchev–Trinajstić information content (AvgIpc) is 2.30. The maximum atomic E-state index is 11.4. The molecule has 2 rings (SSSR count). The van der Waals surface area contributed by atoms with Gasteiger partial charge in [0.05, 0.1) is 13.2 Å². The predicted octanol–water partition coefficient (Wildman–Crippen LogP) is 1.19. The molecule has 0 unspecified atom stereocenters. The Balaban J connectivity index is 2.03. The smallest absolute Gasteiger partial charge is 0.320 e. The van der Waals surface area contributed by atoms with Gasteiger partial charge in [-0.1, -0.05) is 12.1 Å². The minimum Gasteiger partial charge on any atom is -0.465 e. The lowest BCUT2D eigenvalue weighted by molar-refractivity contribution is -0.144. The first-order valence-corrected chi connectivity index (χ1v) is 5.95. The highest BCUT2D eigenvalue weighted by Gasteiger charge is 2.20. The molecule has 0 aliphatic carbocycles. The number of nitrogens with two attached hydrogens (primary N) is 1. The molecule has 0 bridgehead atoms. The summed E-state index contributed by atoms with van der Waals surface area (Å²) in [6.07, 6.45) is 0.944. The van der Waals surface area contributed by atoms with Gasteiger partial charge in [-0.2, -0.15) is 0 Å². The van der Waals surface area contributed by atoms with Crippen LogP contribution in [0.5, 0.6) is 0 Å². The Bertz CT molecular complexity index is 418. The molecule has 0 radical (unpaired) electrons. The summed E-state index contributed by atoms with van der Waals surface area (Å²) in [7, 11) is 0. The lowest BCUT2D eigenvalue weighted by atomic mass is 9.98. The Morgan fingerprint density at radius 1 is 1.53 bits per heavy atom. The van der Waals surface area contributed by atoms with Crippen molar-refractivity contribution in [3.8, 4) is 0 Å². The van der Waals surface area contributed by atoms with Crippen molar-refractivity contribution in [2.45, 2.75) is 19.9 Å². The summed E-state index contributed by atoms with van der Waals surface area (Å²) in [5.74, 6) is -0.162. The van der Waals surface area contributed by atoms with Crippen LogP contribution >= 0.6 is 0 Å². The van der Waals surface area contributed by atoms with Gasteiger partial charge in [-0.25, -0.2) is 0 Å². The van der Waals surface area contributed by atoms with E-state index in [0.29, 0.717) is 13.2 Å². The second kappa shape index (κ2) is 5.19. The molecule has 92 valence electrons. The van der Waals surface area contributed by atoms with Crippen molar-refractivity contribution in [2.24, 2.45) is 0 Å². The fourth-order valence-electron chi connectivity index (χ4n) is 2.19. The van der Waals surface area contributed by atoms with E-state index < -0.39 is 0 Å². The van der Waals surface area contributed by atoms with Crippen LogP contribution in [0.15, 0.2) is 18.2 Å². The van der Waals surface area contributed by atoms with Gasteiger partial charge in [0.1, 0.15) is 0 Å². The van der Waals surface area contributed by atoms with E-state index in [4.69, 9.17) is 10.5 Å². The topological polar surface area (TPSA) is 55.6 Å². The molecule has 1 aromatic rings. The zero-order valence-electron chi connectivity index (χ0n) is 10.1. The van der Waals surface area contributed by atoms with Gasteiger partial charge in [-0.15, -0.1) is 0 Å². The molecule has 2 N–H and O–H groups in total. The molecule has 0 aromatic heterocycles. The van der Waals surface area contributed by atoms with Crippen LogP contribution in [0.25, 0.3) is 0 Å². The quantitative estimate of drug-likeness (QED) is 0.630. The number of hydrogen-bond acceptors (Lipinski definition) is 4. The molecule has 0 spiro atoms. The van der Waals surface area contributed by atoms with Crippen LogP contribution in [0.2, 0.25) is 0 Å². The molecule has 0 fully saturated rings. The van der Waals surface area contributed by atoms with E-state index in [2.05, 4.69) is 11.0 Å². The van der Waals surface area contributed by atoms with Crippen LogP contribution in [0.1, 0.15) is 18.1 Å². The fourth-order valence-corrected chi connectivity index (χ4v) is 2.19. The molecule has 0 saturated heterocycles. The number of esters is 1. The number of hydrogen-bond donors (Lipinski definition) is 1. The van der Waals surface area contributed by atoms with Crippen LogP contribution in [0.3, 0.4) is 0 Å². The van der Waals surface area contributed by atoms with E-state index in [-0.39, 0.29) is 5.97 Å². The van der Waals surface area contributed by atoms with Gasteiger partial charge in [-0.05, 0) is 30.5 Å². The second-order valence-electron chi connectivity index (χ2n) is 4.25. The Hall–Kier alpha value is -1.55. The Morgan fingerprint density at radius 3 is 3.12 bits per heavy atom. The van der Waals surface area contributed by atoms with E-state index in [9.17, 15) is 4.79 Å². The first kappa shape index (κ1) is 11.9. The zero-order chi connectivity index (χ0) is 12.3. The van der Waals surface area contributed by atoms with E-state index in [1.807, 2.05) is 19.1 Å². The Labute approximate surface area is 101 Å². The number of carbonyl (C=O) groups is 1. The number of nitrogen functional groups attached to an aromatic ring is 1. The monoisotopic (exact) mass is 234 g/mol. The van der Waals surface area contributed by atoms with Crippen molar-refractivity contribution in [3.63, 3.8) is 0 Å². The number of benzene rings is 1. The molecule has 1 heterocycles. The van der Waals surface area contributed by atoms with Crippen molar-refractivity contribution >= 4 is 11.7 Å². The Morgan fingerprint density at radius 2 is 2.35 bits per heavy atom. The summed E-state index contributed by atoms with van der Waals surface area (Å²) in [4.78, 5) is 13.5. The number of rotatable bonds is 3. The second-order valence-corrected chi connectivity index (χ2v) is 4.25. The first-order chi connectivity index (χ1) is 8.20. The third-order valence-corrected chi connectivity index (χ3v) is 3.05. The van der Waals surface area contributed by atoms with Crippen LogP contribution in [-0.4, -0.2) is 30.6 Å². The average molecular weight is 234 g/mol. The van der Waals surface area contributed by atoms with Crippen LogP contribution in [-0.2, 0) is 22.5 Å². The molecular weight excluding hydrogens is 216 g/mol. The third-order valence-electron chi connectivity index (χ3n) is 3.05. The van der Waals surface area contributed by atoms with Gasteiger partial charge in [0.2, 0.25) is 0 Å². The Kier molecular flexibility index (Phi) is 3.64. The SMILES string of the molecule is CCOC(=O)CN1CCc2cccc(N)c2C1. The molecule has 1 aliphatic rings. The lowest BCUT2D eigenvalue weighted by Crippen LogP contribution is -2.35. The van der Waals surface area contributed by atoms with Gasteiger partial charge in [0, 0.05) is 18.8 Å². The van der Waals surface area contributed by atoms with Crippen LogP contribution in [0.4, 0.5) is 5.69 Å². The van der Waals surface area contributed by atoms with Gasteiger partial charge >= 0.3 is 5.97 Å². The zero-order valence-corrected chi connectivity index (χ0v) is 10.1. The molecule has 4 nitrogen and oxygen atoms in total. The molecule has 0 saturated carbocycles. The van der Waals surface area contributed by atoms with Gasteiger partial charge in [-0.3, -0.25) is 9.69 Å². The summed E-state index contributed by atoms with van der Waals surface area (Å²) in [5.41, 5.74) is 9.22. The number of carbonyl (C=O) groups excluding carboxylic acids is 1. The predicted molar refractivity (Wildman–Crippen MR) is 66.5 cm³/mol. The third kappa shape index (κ3) is 2.77. The van der Waals surface area contributed by atoms with Crippen LogP contribution < -0.4 is 5.73 Å². The highest BCUT2D eigenvalue weighted by Crippen LogP contribution is 2.23. The van der Waals surface area contributed by atoms with Gasteiger partial charge in [0.25, 0.3) is 0 Å². The maximum absolute atomic E-state index is 11.4. The van der Waals surface area contributed by atoms with Crippen molar-refractivity contribution < 1.29 is 9.53 Å². The largest absolute Gasteiger partial charge is 0.465 e. The van der Waals surface area contributed by atoms with E-state index >= 15 is 0 Å². The van der Waals surface area contributed by atoms with Crippen molar-refractivity contribution in [3.05, 3.63) is 29.3 Å². The summed E-state index contributed by atoms with van der Waals surface area (Å²) >= 11 is 0.